The number of anilines is 6. The van der Waals surface area contributed by atoms with Crippen LogP contribution in [0.5, 0.6) is 0 Å². The molecule has 0 saturated carbocycles. The first-order chi connectivity index (χ1) is 29.0. The molecule has 1 aliphatic rings. The van der Waals surface area contributed by atoms with Gasteiger partial charge in [-0.3, -0.25) is 0 Å². The molecule has 0 heterocycles. The second-order valence-electron chi connectivity index (χ2n) is 16.2. The van der Waals surface area contributed by atoms with Crippen LogP contribution < -0.4 is 9.80 Å². The first kappa shape index (κ1) is 34.8. The summed E-state index contributed by atoms with van der Waals surface area (Å²) in [6, 6.07) is 79.9. The molecule has 2 heteroatoms. The Balaban J connectivity index is 1.07. The van der Waals surface area contributed by atoms with Crippen molar-refractivity contribution in [2.24, 2.45) is 0 Å². The van der Waals surface area contributed by atoms with Crippen molar-refractivity contribution in [3.05, 3.63) is 230 Å². The molecule has 1 aliphatic carbocycles. The Morgan fingerprint density at radius 2 is 0.780 bits per heavy atom. The molecular weight excluding hydrogens is 713 g/mol. The van der Waals surface area contributed by atoms with E-state index in [0.29, 0.717) is 0 Å². The molecule has 0 aliphatic heterocycles. The van der Waals surface area contributed by atoms with Gasteiger partial charge in [0.15, 0.2) is 0 Å². The molecule has 0 bridgehead atoms. The lowest BCUT2D eigenvalue weighted by atomic mass is 9.82. The molecule has 0 spiro atoms. The summed E-state index contributed by atoms with van der Waals surface area (Å²) >= 11 is 0. The SMILES string of the molecule is CC1(C)c2cc(N(c3ccccc3)c3cccc4ccccc34)ccc2-c2ccc(N(c3ccc(-c4ccccc4)cc3)c3cc4ccccc4c4ccccc34)cc21. The Hall–Kier alpha value is -7.42. The number of benzene rings is 10. The maximum Gasteiger partial charge on any atom is 0.0546 e. The van der Waals surface area contributed by atoms with E-state index in [4.69, 9.17) is 0 Å². The van der Waals surface area contributed by atoms with Crippen LogP contribution in [-0.2, 0) is 5.41 Å². The Bertz CT molecular complexity index is 3180. The number of rotatable bonds is 7. The van der Waals surface area contributed by atoms with Crippen molar-refractivity contribution in [3.63, 3.8) is 0 Å². The summed E-state index contributed by atoms with van der Waals surface area (Å²) in [5.41, 5.74) is 14.3. The summed E-state index contributed by atoms with van der Waals surface area (Å²) in [5, 5.41) is 7.42. The third-order valence-corrected chi connectivity index (χ3v) is 12.4. The topological polar surface area (TPSA) is 6.48 Å². The fourth-order valence-electron chi connectivity index (χ4n) is 9.48. The largest absolute Gasteiger partial charge is 0.310 e. The molecule has 10 aromatic rings. The normalized spacial score (nSPS) is 12.7. The number of hydrogen-bond donors (Lipinski definition) is 0. The van der Waals surface area contributed by atoms with Gasteiger partial charge in [-0.2, -0.15) is 0 Å². The number of fused-ring (bicyclic) bond motifs is 7. The average Bonchev–Trinajstić information content (AvgIpc) is 3.52. The predicted octanol–water partition coefficient (Wildman–Crippen LogP) is 16.1. The molecule has 0 fully saturated rings. The molecule has 0 saturated heterocycles. The van der Waals surface area contributed by atoms with Crippen LogP contribution in [-0.4, -0.2) is 0 Å². The van der Waals surface area contributed by atoms with Gasteiger partial charge in [0.1, 0.15) is 0 Å². The highest BCUT2D eigenvalue weighted by Gasteiger charge is 2.37. The van der Waals surface area contributed by atoms with Crippen molar-refractivity contribution in [2.45, 2.75) is 19.3 Å². The van der Waals surface area contributed by atoms with Crippen LogP contribution in [0.1, 0.15) is 25.0 Å². The monoisotopic (exact) mass is 754 g/mol. The van der Waals surface area contributed by atoms with E-state index < -0.39 is 0 Å². The van der Waals surface area contributed by atoms with Crippen molar-refractivity contribution in [2.75, 3.05) is 9.80 Å². The fraction of sp³-hybridized carbons (Fsp3) is 0.0526. The number of para-hydroxylation sites is 1. The Morgan fingerprint density at radius 1 is 0.305 bits per heavy atom. The number of hydrogen-bond acceptors (Lipinski definition) is 2. The van der Waals surface area contributed by atoms with E-state index in [2.05, 4.69) is 242 Å². The summed E-state index contributed by atoms with van der Waals surface area (Å²) in [6.45, 7) is 4.78. The van der Waals surface area contributed by atoms with Crippen LogP contribution in [0.25, 0.3) is 54.6 Å². The summed E-state index contributed by atoms with van der Waals surface area (Å²) in [4.78, 5) is 4.88. The molecule has 0 N–H and O–H groups in total. The molecule has 0 radical (unpaired) electrons. The Morgan fingerprint density at radius 3 is 1.46 bits per heavy atom. The van der Waals surface area contributed by atoms with Gasteiger partial charge in [-0.1, -0.05) is 172 Å². The van der Waals surface area contributed by atoms with E-state index in [1.165, 1.54) is 71.4 Å². The molecule has 0 atom stereocenters. The lowest BCUT2D eigenvalue weighted by Gasteiger charge is -2.30. The van der Waals surface area contributed by atoms with Gasteiger partial charge in [-0.25, -0.2) is 0 Å². The smallest absolute Gasteiger partial charge is 0.0546 e. The zero-order chi connectivity index (χ0) is 39.5. The maximum atomic E-state index is 2.46. The highest BCUT2D eigenvalue weighted by Crippen LogP contribution is 2.53. The summed E-state index contributed by atoms with van der Waals surface area (Å²) in [7, 11) is 0. The molecular formula is C57H42N2. The van der Waals surface area contributed by atoms with Gasteiger partial charge in [0.05, 0.1) is 11.4 Å². The lowest BCUT2D eigenvalue weighted by molar-refractivity contribution is 0.660. The highest BCUT2D eigenvalue weighted by atomic mass is 15.1. The minimum absolute atomic E-state index is 0.258. The van der Waals surface area contributed by atoms with Crippen LogP contribution in [0.15, 0.2) is 218 Å². The third-order valence-electron chi connectivity index (χ3n) is 12.4. The van der Waals surface area contributed by atoms with Crippen molar-refractivity contribution in [3.8, 4) is 22.3 Å². The maximum absolute atomic E-state index is 2.46. The highest BCUT2D eigenvalue weighted by molar-refractivity contribution is 6.14. The quantitative estimate of drug-likeness (QED) is 0.150. The van der Waals surface area contributed by atoms with E-state index in [-0.39, 0.29) is 5.41 Å². The molecule has 10 aromatic carbocycles. The van der Waals surface area contributed by atoms with E-state index >= 15 is 0 Å². The second kappa shape index (κ2) is 13.9. The number of nitrogens with zero attached hydrogens (tertiary/aromatic N) is 2. The van der Waals surface area contributed by atoms with E-state index in [1.807, 2.05) is 0 Å². The zero-order valence-electron chi connectivity index (χ0n) is 33.2. The minimum atomic E-state index is -0.258. The molecule has 2 nitrogen and oxygen atoms in total. The van der Waals surface area contributed by atoms with Crippen LogP contribution in [0.4, 0.5) is 34.1 Å². The van der Waals surface area contributed by atoms with Crippen LogP contribution in [0, 0.1) is 0 Å². The molecule has 0 unspecified atom stereocenters. The van der Waals surface area contributed by atoms with Crippen molar-refractivity contribution in [1.29, 1.82) is 0 Å². The van der Waals surface area contributed by atoms with Crippen LogP contribution in [0.2, 0.25) is 0 Å². The fourth-order valence-corrected chi connectivity index (χ4v) is 9.48. The summed E-state index contributed by atoms with van der Waals surface area (Å²) in [5.74, 6) is 0. The molecule has 0 aromatic heterocycles. The summed E-state index contributed by atoms with van der Waals surface area (Å²) < 4.78 is 0. The Kier molecular flexibility index (Phi) is 8.20. The molecule has 280 valence electrons. The van der Waals surface area contributed by atoms with Gasteiger partial charge < -0.3 is 9.80 Å². The van der Waals surface area contributed by atoms with Gasteiger partial charge >= 0.3 is 0 Å². The van der Waals surface area contributed by atoms with Gasteiger partial charge in [0.2, 0.25) is 0 Å². The van der Waals surface area contributed by atoms with Gasteiger partial charge in [-0.15, -0.1) is 0 Å². The lowest BCUT2D eigenvalue weighted by Crippen LogP contribution is -2.18. The van der Waals surface area contributed by atoms with Crippen molar-refractivity contribution in [1.82, 2.24) is 0 Å². The van der Waals surface area contributed by atoms with E-state index in [1.54, 1.807) is 0 Å². The van der Waals surface area contributed by atoms with Gasteiger partial charge in [0, 0.05) is 38.9 Å². The van der Waals surface area contributed by atoms with Crippen molar-refractivity contribution < 1.29 is 0 Å². The molecule has 59 heavy (non-hydrogen) atoms. The van der Waals surface area contributed by atoms with Gasteiger partial charge in [-0.05, 0) is 116 Å². The Labute approximate surface area is 345 Å². The first-order valence-corrected chi connectivity index (χ1v) is 20.5. The summed E-state index contributed by atoms with van der Waals surface area (Å²) in [6.07, 6.45) is 0. The average molecular weight is 755 g/mol. The standard InChI is InChI=1S/C57H42N2/c1-57(2)53-37-45(58(43-21-7-4-8-22-43)55-27-15-20-41-18-9-12-24-48(41)55)32-34-50(53)51-35-33-46(38-54(51)57)59(44-30-28-40(29-31-44)39-16-5-3-6-17-39)56-36-42-19-10-11-23-47(42)49-25-13-14-26-52(49)56/h3-38H,1-2H3. The van der Waals surface area contributed by atoms with E-state index in [9.17, 15) is 0 Å². The minimum Gasteiger partial charge on any atom is -0.310 e. The van der Waals surface area contributed by atoms with Crippen molar-refractivity contribution >= 4 is 66.4 Å². The zero-order valence-corrected chi connectivity index (χ0v) is 33.2. The third kappa shape index (κ3) is 5.79. The predicted molar refractivity (Wildman–Crippen MR) is 251 cm³/mol. The van der Waals surface area contributed by atoms with Gasteiger partial charge in [0.25, 0.3) is 0 Å². The molecule has 11 rings (SSSR count). The van der Waals surface area contributed by atoms with E-state index in [0.717, 1.165) is 28.4 Å². The van der Waals surface area contributed by atoms with Crippen LogP contribution >= 0.6 is 0 Å². The molecule has 0 amide bonds. The first-order valence-electron chi connectivity index (χ1n) is 20.5. The second-order valence-corrected chi connectivity index (χ2v) is 16.2. The van der Waals surface area contributed by atoms with Crippen LogP contribution in [0.3, 0.4) is 0 Å².